The summed E-state index contributed by atoms with van der Waals surface area (Å²) < 4.78 is 16.5. The summed E-state index contributed by atoms with van der Waals surface area (Å²) in [5.41, 5.74) is 3.31. The first-order valence-corrected chi connectivity index (χ1v) is 11.9. The number of furan rings is 1. The molecule has 0 radical (unpaired) electrons. The van der Waals surface area contributed by atoms with Gasteiger partial charge < -0.3 is 19.0 Å². The Morgan fingerprint density at radius 1 is 1.03 bits per heavy atom. The van der Waals surface area contributed by atoms with Crippen LogP contribution in [0, 0.1) is 13.8 Å². The molecule has 0 aliphatic carbocycles. The van der Waals surface area contributed by atoms with E-state index in [1.165, 1.54) is 18.1 Å². The molecule has 0 saturated heterocycles. The van der Waals surface area contributed by atoms with Crippen molar-refractivity contribution in [2.24, 2.45) is 0 Å². The van der Waals surface area contributed by atoms with Gasteiger partial charge in [-0.25, -0.2) is 0 Å². The lowest BCUT2D eigenvalue weighted by Crippen LogP contribution is -2.31. The lowest BCUT2D eigenvalue weighted by atomic mass is 9.94. The molecular formula is C29H24ClNO6. The molecule has 1 atom stereocenters. The zero-order valence-electron chi connectivity index (χ0n) is 20.7. The quantitative estimate of drug-likeness (QED) is 0.293. The van der Waals surface area contributed by atoms with Crippen molar-refractivity contribution in [1.82, 2.24) is 0 Å². The van der Waals surface area contributed by atoms with Gasteiger partial charge in [-0.05, 0) is 60.9 Å². The Balaban J connectivity index is 1.68. The molecule has 7 nitrogen and oxygen atoms in total. The Bertz CT molecular complexity index is 1580. The maximum Gasteiger partial charge on any atom is 0.294 e. The minimum absolute atomic E-state index is 0.0498. The van der Waals surface area contributed by atoms with Crippen LogP contribution in [0.2, 0.25) is 5.02 Å². The molecule has 1 aromatic heterocycles. The van der Waals surface area contributed by atoms with Crippen molar-refractivity contribution in [3.8, 4) is 11.5 Å². The monoisotopic (exact) mass is 517 g/mol. The summed E-state index contributed by atoms with van der Waals surface area (Å²) in [5, 5.41) is 12.1. The van der Waals surface area contributed by atoms with Crippen molar-refractivity contribution in [3.05, 3.63) is 99.5 Å². The number of anilines is 1. The van der Waals surface area contributed by atoms with Crippen molar-refractivity contribution >= 4 is 39.9 Å². The van der Waals surface area contributed by atoms with E-state index in [-0.39, 0.29) is 11.3 Å². The molecule has 188 valence electrons. The molecule has 1 aliphatic rings. The van der Waals surface area contributed by atoms with E-state index < -0.39 is 23.5 Å². The van der Waals surface area contributed by atoms with Crippen molar-refractivity contribution in [1.29, 1.82) is 0 Å². The highest BCUT2D eigenvalue weighted by Gasteiger charge is 2.46. The molecule has 0 bridgehead atoms. The van der Waals surface area contributed by atoms with Gasteiger partial charge in [0.1, 0.15) is 5.75 Å². The maximum atomic E-state index is 13.9. The molecule has 5 rings (SSSR count). The zero-order chi connectivity index (χ0) is 26.4. The van der Waals surface area contributed by atoms with Gasteiger partial charge in [-0.3, -0.25) is 14.5 Å². The largest absolute Gasteiger partial charge is 0.503 e. The third-order valence-electron chi connectivity index (χ3n) is 6.71. The number of aryl methyl sites for hydroxylation is 1. The number of ketones is 1. The van der Waals surface area contributed by atoms with Crippen LogP contribution in [0.25, 0.3) is 11.0 Å². The third kappa shape index (κ3) is 4.01. The van der Waals surface area contributed by atoms with Gasteiger partial charge in [0.25, 0.3) is 5.91 Å². The number of carbonyl (C=O) groups is 2. The Labute approximate surface area is 218 Å². The first-order chi connectivity index (χ1) is 17.7. The second-order valence-electron chi connectivity index (χ2n) is 8.80. The number of hydrogen-bond acceptors (Lipinski definition) is 6. The van der Waals surface area contributed by atoms with Crippen molar-refractivity contribution in [2.75, 3.05) is 19.1 Å². The Kier molecular flexibility index (Phi) is 6.17. The Morgan fingerprint density at radius 2 is 1.76 bits per heavy atom. The van der Waals surface area contributed by atoms with E-state index in [1.807, 2.05) is 26.0 Å². The number of Topliss-reactive ketones (excluding diaryl/α,β-unsaturated/α-hetero) is 1. The predicted molar refractivity (Wildman–Crippen MR) is 141 cm³/mol. The second kappa shape index (κ2) is 9.33. The summed E-state index contributed by atoms with van der Waals surface area (Å²) in [6, 6.07) is 16.5. The van der Waals surface area contributed by atoms with Gasteiger partial charge in [-0.2, -0.15) is 0 Å². The van der Waals surface area contributed by atoms with E-state index in [0.717, 1.165) is 11.1 Å². The van der Waals surface area contributed by atoms with Crippen LogP contribution < -0.4 is 14.4 Å². The number of ether oxygens (including phenoxy) is 2. The molecule has 2 heterocycles. The fourth-order valence-corrected chi connectivity index (χ4v) is 4.88. The van der Waals surface area contributed by atoms with Crippen LogP contribution in [0.4, 0.5) is 5.69 Å². The first-order valence-electron chi connectivity index (χ1n) is 11.5. The van der Waals surface area contributed by atoms with Crippen LogP contribution in [0.1, 0.15) is 33.3 Å². The molecule has 1 unspecified atom stereocenters. The topological polar surface area (TPSA) is 89.2 Å². The summed E-state index contributed by atoms with van der Waals surface area (Å²) in [6.45, 7) is 3.84. The summed E-state index contributed by atoms with van der Waals surface area (Å²) in [7, 11) is 3.03. The summed E-state index contributed by atoms with van der Waals surface area (Å²) in [5.74, 6) is -0.980. The van der Waals surface area contributed by atoms with E-state index in [2.05, 4.69) is 0 Å². The van der Waals surface area contributed by atoms with Gasteiger partial charge in [0.2, 0.25) is 5.78 Å². The van der Waals surface area contributed by atoms with Gasteiger partial charge in [0.15, 0.2) is 22.9 Å². The highest BCUT2D eigenvalue weighted by Crippen LogP contribution is 2.44. The highest BCUT2D eigenvalue weighted by atomic mass is 35.5. The van der Waals surface area contributed by atoms with Gasteiger partial charge in [0, 0.05) is 22.2 Å². The van der Waals surface area contributed by atoms with Crippen LogP contribution in [-0.4, -0.2) is 31.0 Å². The van der Waals surface area contributed by atoms with Crippen LogP contribution in [0.5, 0.6) is 11.5 Å². The van der Waals surface area contributed by atoms with E-state index >= 15 is 0 Å². The summed E-state index contributed by atoms with van der Waals surface area (Å²) in [6.07, 6.45) is 0. The van der Waals surface area contributed by atoms with E-state index in [4.69, 9.17) is 25.5 Å². The number of rotatable bonds is 6. The molecule has 4 aromatic rings. The van der Waals surface area contributed by atoms with Crippen LogP contribution in [0.15, 0.2) is 76.4 Å². The number of aliphatic hydroxyl groups is 1. The lowest BCUT2D eigenvalue weighted by Gasteiger charge is -2.28. The molecule has 37 heavy (non-hydrogen) atoms. The average Bonchev–Trinajstić information content (AvgIpc) is 3.44. The fraction of sp³-hybridized carbons (Fsp3) is 0.172. The maximum absolute atomic E-state index is 13.9. The number of fused-ring (bicyclic) bond motifs is 1. The van der Waals surface area contributed by atoms with Crippen molar-refractivity contribution in [2.45, 2.75) is 19.9 Å². The molecule has 1 aliphatic heterocycles. The predicted octanol–water partition coefficient (Wildman–Crippen LogP) is 6.50. The highest BCUT2D eigenvalue weighted by molar-refractivity contribution is 6.31. The number of methoxy groups -OCH3 is 2. The fourth-order valence-electron chi connectivity index (χ4n) is 4.67. The smallest absolute Gasteiger partial charge is 0.294 e. The van der Waals surface area contributed by atoms with E-state index in [9.17, 15) is 14.7 Å². The van der Waals surface area contributed by atoms with E-state index in [1.54, 1.807) is 49.6 Å². The number of aliphatic hydroxyl groups excluding tert-OH is 1. The average molecular weight is 518 g/mol. The number of halogens is 1. The lowest BCUT2D eigenvalue weighted by molar-refractivity contribution is -0.117. The SMILES string of the molecule is COc1ccc(C2C(C(=O)c3cc4cc(Cl)cc(OC)c4o3)=C(O)C(=O)N2c2cccc(C)c2C)cc1. The van der Waals surface area contributed by atoms with E-state index in [0.29, 0.717) is 38.7 Å². The molecule has 0 fully saturated rings. The molecule has 0 saturated carbocycles. The normalized spacial score (nSPS) is 15.5. The summed E-state index contributed by atoms with van der Waals surface area (Å²) >= 11 is 6.19. The van der Waals surface area contributed by atoms with Gasteiger partial charge in [-0.15, -0.1) is 0 Å². The first kappa shape index (κ1) is 24.5. The van der Waals surface area contributed by atoms with Crippen molar-refractivity contribution in [3.63, 3.8) is 0 Å². The second-order valence-corrected chi connectivity index (χ2v) is 9.23. The van der Waals surface area contributed by atoms with Crippen molar-refractivity contribution < 1.29 is 28.6 Å². The molecule has 1 amide bonds. The van der Waals surface area contributed by atoms with Gasteiger partial charge in [-0.1, -0.05) is 35.9 Å². The number of amides is 1. The zero-order valence-corrected chi connectivity index (χ0v) is 21.4. The summed E-state index contributed by atoms with van der Waals surface area (Å²) in [4.78, 5) is 28.9. The Hall–Kier alpha value is -4.23. The minimum atomic E-state index is -0.898. The molecule has 8 heteroatoms. The standard InChI is InChI=1S/C29H24ClNO6/c1-15-6-5-7-21(16(15)2)31-25(17-8-10-20(35-3)11-9-17)24(27(33)29(31)34)26(32)22-13-18-12-19(30)14-23(36-4)28(18)37-22/h5-14,25,33H,1-4H3. The number of nitrogens with zero attached hydrogens (tertiary/aromatic N) is 1. The van der Waals surface area contributed by atoms with Crippen LogP contribution in [-0.2, 0) is 4.79 Å². The Morgan fingerprint density at radius 3 is 2.43 bits per heavy atom. The molecule has 0 spiro atoms. The molecule has 3 aromatic carbocycles. The van der Waals surface area contributed by atoms with Gasteiger partial charge in [0.05, 0.1) is 25.8 Å². The number of benzene rings is 3. The van der Waals surface area contributed by atoms with Crippen LogP contribution in [0.3, 0.4) is 0 Å². The molecular weight excluding hydrogens is 494 g/mol. The van der Waals surface area contributed by atoms with Gasteiger partial charge >= 0.3 is 0 Å². The third-order valence-corrected chi connectivity index (χ3v) is 6.93. The molecule has 1 N–H and O–H groups in total. The minimum Gasteiger partial charge on any atom is -0.503 e. The van der Waals surface area contributed by atoms with Crippen LogP contribution >= 0.6 is 11.6 Å². The number of hydrogen-bond donors (Lipinski definition) is 1. The number of carbonyl (C=O) groups excluding carboxylic acids is 2.